The van der Waals surface area contributed by atoms with E-state index in [0.717, 1.165) is 17.8 Å². The molecular formula is C20H20N4O3. The van der Waals surface area contributed by atoms with E-state index in [-0.39, 0.29) is 11.9 Å². The third-order valence-electron chi connectivity index (χ3n) is 4.83. The predicted octanol–water partition coefficient (Wildman–Crippen LogP) is 2.10. The standard InChI is InChI=1S/C20H20N4O3/c21-18(25)14-7-4-8-15-17(14)24-19(23-15)12-9-10-22-16(11-12)20(26)27-13-5-2-1-3-6-13/h1-8,12,16,22H,9-11H2,(H2,21,25)(H,23,24). The number of carbonyl (C=O) groups is 2. The minimum atomic E-state index is -0.506. The van der Waals surface area contributed by atoms with Crippen LogP contribution in [0.4, 0.5) is 0 Å². The fourth-order valence-corrected chi connectivity index (χ4v) is 3.46. The fraction of sp³-hybridized carbons (Fsp3) is 0.250. The molecule has 7 nitrogen and oxygen atoms in total. The Balaban J connectivity index is 1.53. The number of primary amides is 1. The van der Waals surface area contributed by atoms with Crippen LogP contribution < -0.4 is 15.8 Å². The molecule has 0 radical (unpaired) electrons. The number of H-pyrrole nitrogens is 1. The molecule has 2 aromatic carbocycles. The highest BCUT2D eigenvalue weighted by Crippen LogP contribution is 2.29. The summed E-state index contributed by atoms with van der Waals surface area (Å²) in [6, 6.07) is 13.9. The first-order valence-electron chi connectivity index (χ1n) is 8.90. The van der Waals surface area contributed by atoms with Gasteiger partial charge in [-0.15, -0.1) is 0 Å². The molecule has 7 heteroatoms. The molecule has 4 N–H and O–H groups in total. The van der Waals surface area contributed by atoms with Gasteiger partial charge in [0.1, 0.15) is 23.1 Å². The molecule has 1 saturated heterocycles. The Kier molecular flexibility index (Phi) is 4.60. The number of amides is 1. The smallest absolute Gasteiger partial charge is 0.328 e. The molecule has 1 aromatic heterocycles. The first-order chi connectivity index (χ1) is 13.1. The lowest BCUT2D eigenvalue weighted by molar-refractivity contribution is -0.137. The maximum Gasteiger partial charge on any atom is 0.328 e. The van der Waals surface area contributed by atoms with Gasteiger partial charge in [0.2, 0.25) is 0 Å². The van der Waals surface area contributed by atoms with E-state index in [0.29, 0.717) is 29.8 Å². The van der Waals surface area contributed by atoms with Crippen molar-refractivity contribution in [2.24, 2.45) is 5.73 Å². The molecule has 2 atom stereocenters. The summed E-state index contributed by atoms with van der Waals surface area (Å²) in [5, 5.41) is 3.21. The van der Waals surface area contributed by atoms with Gasteiger partial charge < -0.3 is 20.8 Å². The zero-order valence-corrected chi connectivity index (χ0v) is 14.6. The molecule has 3 aromatic rings. The van der Waals surface area contributed by atoms with Gasteiger partial charge in [-0.25, -0.2) is 9.78 Å². The zero-order chi connectivity index (χ0) is 18.8. The normalized spacial score (nSPS) is 19.7. The average Bonchev–Trinajstić information content (AvgIpc) is 3.13. The summed E-state index contributed by atoms with van der Waals surface area (Å²) in [5.74, 6) is 0.541. The molecule has 138 valence electrons. The van der Waals surface area contributed by atoms with Crippen LogP contribution >= 0.6 is 0 Å². The van der Waals surface area contributed by atoms with Gasteiger partial charge in [-0.05, 0) is 43.7 Å². The van der Waals surface area contributed by atoms with E-state index in [1.165, 1.54) is 0 Å². The van der Waals surface area contributed by atoms with Crippen LogP contribution in [0.3, 0.4) is 0 Å². The van der Waals surface area contributed by atoms with E-state index in [2.05, 4.69) is 15.3 Å². The van der Waals surface area contributed by atoms with Gasteiger partial charge in [0.15, 0.2) is 0 Å². The maximum absolute atomic E-state index is 12.5. The Hall–Kier alpha value is -3.19. The van der Waals surface area contributed by atoms with Crippen molar-refractivity contribution in [1.29, 1.82) is 0 Å². The number of ether oxygens (including phenoxy) is 1. The molecule has 1 fully saturated rings. The monoisotopic (exact) mass is 364 g/mol. The van der Waals surface area contributed by atoms with E-state index in [4.69, 9.17) is 10.5 Å². The summed E-state index contributed by atoms with van der Waals surface area (Å²) < 4.78 is 5.45. The topological polar surface area (TPSA) is 110 Å². The van der Waals surface area contributed by atoms with Crippen LogP contribution in [0.25, 0.3) is 11.0 Å². The van der Waals surface area contributed by atoms with Crippen LogP contribution in [0, 0.1) is 0 Å². The van der Waals surface area contributed by atoms with Crippen molar-refractivity contribution in [3.8, 4) is 5.75 Å². The van der Waals surface area contributed by atoms with Gasteiger partial charge in [-0.2, -0.15) is 0 Å². The van der Waals surface area contributed by atoms with E-state index >= 15 is 0 Å². The maximum atomic E-state index is 12.5. The number of aromatic nitrogens is 2. The molecule has 2 unspecified atom stereocenters. The SMILES string of the molecule is NC(=O)c1cccc2[nH]c(C3CCNC(C(=O)Oc4ccccc4)C3)nc12. The minimum Gasteiger partial charge on any atom is -0.425 e. The van der Waals surface area contributed by atoms with E-state index in [1.54, 1.807) is 24.3 Å². The van der Waals surface area contributed by atoms with Crippen molar-refractivity contribution in [2.45, 2.75) is 24.8 Å². The summed E-state index contributed by atoms with van der Waals surface area (Å²) in [6.07, 6.45) is 1.40. The predicted molar refractivity (Wildman–Crippen MR) is 100 cm³/mol. The number of benzene rings is 2. The fourth-order valence-electron chi connectivity index (χ4n) is 3.46. The number of nitrogens with zero attached hydrogens (tertiary/aromatic N) is 1. The molecule has 1 aliphatic rings. The van der Waals surface area contributed by atoms with Gasteiger partial charge in [-0.3, -0.25) is 4.79 Å². The quantitative estimate of drug-likeness (QED) is 0.485. The summed E-state index contributed by atoms with van der Waals surface area (Å²) in [7, 11) is 0. The van der Waals surface area contributed by atoms with Crippen molar-refractivity contribution in [3.05, 3.63) is 59.9 Å². The van der Waals surface area contributed by atoms with Crippen LogP contribution in [0.2, 0.25) is 0 Å². The van der Waals surface area contributed by atoms with Crippen LogP contribution in [0.5, 0.6) is 5.75 Å². The first kappa shape index (κ1) is 17.2. The molecule has 2 heterocycles. The molecule has 0 spiro atoms. The third kappa shape index (κ3) is 3.54. The number of imidazole rings is 1. The number of piperidine rings is 1. The van der Waals surface area contributed by atoms with Gasteiger partial charge in [-0.1, -0.05) is 24.3 Å². The Morgan fingerprint density at radius 3 is 2.70 bits per heavy atom. The van der Waals surface area contributed by atoms with E-state index in [9.17, 15) is 9.59 Å². The Labute approximate surface area is 155 Å². The number of hydrogen-bond acceptors (Lipinski definition) is 5. The molecule has 4 rings (SSSR count). The summed E-state index contributed by atoms with van der Waals surface area (Å²) in [4.78, 5) is 32.0. The van der Waals surface area contributed by atoms with Gasteiger partial charge in [0.05, 0.1) is 11.1 Å². The van der Waals surface area contributed by atoms with Crippen molar-refractivity contribution in [3.63, 3.8) is 0 Å². The molecule has 0 bridgehead atoms. The van der Waals surface area contributed by atoms with Gasteiger partial charge >= 0.3 is 5.97 Å². The molecule has 27 heavy (non-hydrogen) atoms. The van der Waals surface area contributed by atoms with E-state index in [1.807, 2.05) is 24.3 Å². The second kappa shape index (κ2) is 7.20. The minimum absolute atomic E-state index is 0.0627. The average molecular weight is 364 g/mol. The molecule has 0 saturated carbocycles. The Morgan fingerprint density at radius 2 is 1.93 bits per heavy atom. The second-order valence-corrected chi connectivity index (χ2v) is 6.65. The summed E-state index contributed by atoms with van der Waals surface area (Å²) in [6.45, 7) is 0.680. The number of carbonyl (C=O) groups excluding carboxylic acids is 2. The lowest BCUT2D eigenvalue weighted by Crippen LogP contribution is -2.45. The highest BCUT2D eigenvalue weighted by atomic mass is 16.5. The van der Waals surface area contributed by atoms with Crippen molar-refractivity contribution < 1.29 is 14.3 Å². The number of hydrogen-bond donors (Lipinski definition) is 3. The van der Waals surface area contributed by atoms with Crippen LogP contribution in [0.1, 0.15) is 34.9 Å². The summed E-state index contributed by atoms with van der Waals surface area (Å²) in [5.41, 5.74) is 7.17. The highest BCUT2D eigenvalue weighted by molar-refractivity contribution is 6.04. The van der Waals surface area contributed by atoms with Crippen molar-refractivity contribution in [1.82, 2.24) is 15.3 Å². The van der Waals surface area contributed by atoms with Crippen LogP contribution in [-0.4, -0.2) is 34.4 Å². The van der Waals surface area contributed by atoms with Gasteiger partial charge in [0, 0.05) is 5.92 Å². The zero-order valence-electron chi connectivity index (χ0n) is 14.6. The number of rotatable bonds is 4. The molecular weight excluding hydrogens is 344 g/mol. The van der Waals surface area contributed by atoms with Gasteiger partial charge in [0.25, 0.3) is 5.91 Å². The van der Waals surface area contributed by atoms with E-state index < -0.39 is 11.9 Å². The largest absolute Gasteiger partial charge is 0.425 e. The third-order valence-corrected chi connectivity index (χ3v) is 4.83. The summed E-state index contributed by atoms with van der Waals surface area (Å²) >= 11 is 0. The lowest BCUT2D eigenvalue weighted by Gasteiger charge is -2.27. The Morgan fingerprint density at radius 1 is 1.11 bits per heavy atom. The highest BCUT2D eigenvalue weighted by Gasteiger charge is 2.31. The van der Waals surface area contributed by atoms with Crippen LogP contribution in [-0.2, 0) is 4.79 Å². The molecule has 1 amide bonds. The molecule has 1 aliphatic heterocycles. The lowest BCUT2D eigenvalue weighted by atomic mass is 9.92. The van der Waals surface area contributed by atoms with Crippen LogP contribution in [0.15, 0.2) is 48.5 Å². The number of fused-ring (bicyclic) bond motifs is 1. The second-order valence-electron chi connectivity index (χ2n) is 6.65. The number of para-hydroxylation sites is 2. The number of nitrogens with one attached hydrogen (secondary N) is 2. The first-order valence-corrected chi connectivity index (χ1v) is 8.90. The Bertz CT molecular complexity index is 983. The van der Waals surface area contributed by atoms with Crippen molar-refractivity contribution in [2.75, 3.05) is 6.54 Å². The number of nitrogens with two attached hydrogens (primary N) is 1. The van der Waals surface area contributed by atoms with Crippen molar-refractivity contribution >= 4 is 22.9 Å². The number of aromatic amines is 1. The number of esters is 1. The molecule has 0 aliphatic carbocycles.